The fourth-order valence-electron chi connectivity index (χ4n) is 0.875. The maximum atomic E-state index is 11.3. The summed E-state index contributed by atoms with van der Waals surface area (Å²) in [5.41, 5.74) is 5.13. The smallest absolute Gasteiger partial charge is 0.306 e. The van der Waals surface area contributed by atoms with E-state index in [0.29, 0.717) is 0 Å². The molecule has 0 aromatic rings. The van der Waals surface area contributed by atoms with Gasteiger partial charge in [0.15, 0.2) is 9.84 Å². The predicted molar refractivity (Wildman–Crippen MR) is 57.4 cm³/mol. The Morgan fingerprint density at radius 3 is 2.50 bits per heavy atom. The van der Waals surface area contributed by atoms with E-state index in [0.717, 1.165) is 0 Å². The van der Waals surface area contributed by atoms with Gasteiger partial charge < -0.3 is 15.8 Å². The third-order valence-electron chi connectivity index (χ3n) is 1.66. The summed E-state index contributed by atoms with van der Waals surface area (Å²) in [4.78, 5) is 21.8. The van der Waals surface area contributed by atoms with Crippen LogP contribution >= 0.6 is 0 Å². The van der Waals surface area contributed by atoms with Gasteiger partial charge in [0, 0.05) is 13.1 Å². The Hall–Kier alpha value is -1.15. The summed E-state index contributed by atoms with van der Waals surface area (Å²) in [6.07, 6.45) is -0.247. The highest BCUT2D eigenvalue weighted by atomic mass is 32.2. The molecule has 8 heteroatoms. The summed E-state index contributed by atoms with van der Waals surface area (Å²) >= 11 is 0. The van der Waals surface area contributed by atoms with Gasteiger partial charge in [0.05, 0.1) is 19.3 Å². The number of esters is 1. The highest BCUT2D eigenvalue weighted by Crippen LogP contribution is 1.95. The van der Waals surface area contributed by atoms with Gasteiger partial charge in [0.1, 0.15) is 5.75 Å². The first-order valence-electron chi connectivity index (χ1n) is 4.65. The molecular weight excluding hydrogens is 236 g/mol. The van der Waals surface area contributed by atoms with Crippen molar-refractivity contribution in [2.45, 2.75) is 6.42 Å². The molecule has 0 rings (SSSR count). The van der Waals surface area contributed by atoms with E-state index in [-0.39, 0.29) is 19.5 Å². The summed E-state index contributed by atoms with van der Waals surface area (Å²) in [6.45, 7) is 0.472. The second-order valence-corrected chi connectivity index (χ2v) is 5.24. The molecule has 94 valence electrons. The van der Waals surface area contributed by atoms with Crippen LogP contribution in [-0.2, 0) is 24.2 Å². The minimum absolute atomic E-state index is 0.228. The minimum Gasteiger partial charge on any atom is -0.469 e. The molecular formula is C8H16N2O5S. The van der Waals surface area contributed by atoms with E-state index in [1.165, 1.54) is 7.11 Å². The van der Waals surface area contributed by atoms with Crippen LogP contribution in [0.3, 0.4) is 0 Å². The lowest BCUT2D eigenvalue weighted by atomic mass is 10.5. The SMILES string of the molecule is COC(=O)CCS(=O)(=O)CC(=O)NCCN. The molecule has 0 radical (unpaired) electrons. The van der Waals surface area contributed by atoms with Crippen LogP contribution in [0, 0.1) is 0 Å². The number of carbonyl (C=O) groups excluding carboxylic acids is 2. The van der Waals surface area contributed by atoms with Crippen LogP contribution in [0.4, 0.5) is 0 Å². The van der Waals surface area contributed by atoms with E-state index >= 15 is 0 Å². The van der Waals surface area contributed by atoms with Crippen molar-refractivity contribution in [2.24, 2.45) is 5.73 Å². The monoisotopic (exact) mass is 252 g/mol. The molecule has 0 saturated carbocycles. The Labute approximate surface area is 94.2 Å². The van der Waals surface area contributed by atoms with Crippen LogP contribution in [0.5, 0.6) is 0 Å². The van der Waals surface area contributed by atoms with Crippen molar-refractivity contribution >= 4 is 21.7 Å². The summed E-state index contributed by atoms with van der Waals surface area (Å²) < 4.78 is 26.9. The Bertz CT molecular complexity index is 338. The zero-order chi connectivity index (χ0) is 12.6. The lowest BCUT2D eigenvalue weighted by Gasteiger charge is -2.04. The Kier molecular flexibility index (Phi) is 6.66. The van der Waals surface area contributed by atoms with Gasteiger partial charge in [-0.3, -0.25) is 9.59 Å². The van der Waals surface area contributed by atoms with E-state index in [1.54, 1.807) is 0 Å². The van der Waals surface area contributed by atoms with Gasteiger partial charge in [0.25, 0.3) is 0 Å². The maximum Gasteiger partial charge on any atom is 0.306 e. The highest BCUT2D eigenvalue weighted by Gasteiger charge is 2.17. The van der Waals surface area contributed by atoms with Gasteiger partial charge >= 0.3 is 5.97 Å². The van der Waals surface area contributed by atoms with E-state index < -0.39 is 33.2 Å². The molecule has 0 aliphatic rings. The molecule has 0 spiro atoms. The number of amides is 1. The molecule has 0 aromatic carbocycles. The second-order valence-electron chi connectivity index (χ2n) is 3.06. The van der Waals surface area contributed by atoms with Gasteiger partial charge in [0.2, 0.25) is 5.91 Å². The Balaban J connectivity index is 4.05. The molecule has 0 aromatic heterocycles. The van der Waals surface area contributed by atoms with E-state index in [4.69, 9.17) is 5.73 Å². The number of hydrogen-bond acceptors (Lipinski definition) is 6. The van der Waals surface area contributed by atoms with Crippen LogP contribution in [0.2, 0.25) is 0 Å². The average molecular weight is 252 g/mol. The fraction of sp³-hybridized carbons (Fsp3) is 0.750. The largest absolute Gasteiger partial charge is 0.469 e. The third kappa shape index (κ3) is 7.18. The number of nitrogens with one attached hydrogen (secondary N) is 1. The zero-order valence-electron chi connectivity index (χ0n) is 9.06. The molecule has 16 heavy (non-hydrogen) atoms. The predicted octanol–water partition coefficient (Wildman–Crippen LogP) is -1.96. The Morgan fingerprint density at radius 1 is 1.38 bits per heavy atom. The van der Waals surface area contributed by atoms with Gasteiger partial charge in [-0.15, -0.1) is 0 Å². The third-order valence-corrected chi connectivity index (χ3v) is 3.19. The maximum absolute atomic E-state index is 11.3. The van der Waals surface area contributed by atoms with Crippen molar-refractivity contribution in [2.75, 3.05) is 31.7 Å². The number of nitrogens with two attached hydrogens (primary N) is 1. The van der Waals surface area contributed by atoms with E-state index in [2.05, 4.69) is 10.1 Å². The first-order valence-corrected chi connectivity index (χ1v) is 6.47. The van der Waals surface area contributed by atoms with Crippen LogP contribution in [0.1, 0.15) is 6.42 Å². The van der Waals surface area contributed by atoms with E-state index in [9.17, 15) is 18.0 Å². The van der Waals surface area contributed by atoms with Gasteiger partial charge in [-0.25, -0.2) is 8.42 Å². The number of hydrogen-bond donors (Lipinski definition) is 2. The van der Waals surface area contributed by atoms with Crippen molar-refractivity contribution in [1.29, 1.82) is 0 Å². The molecule has 0 atom stereocenters. The zero-order valence-corrected chi connectivity index (χ0v) is 9.88. The van der Waals surface area contributed by atoms with Crippen LogP contribution < -0.4 is 11.1 Å². The number of ether oxygens (including phenoxy) is 1. The van der Waals surface area contributed by atoms with Gasteiger partial charge in [-0.05, 0) is 0 Å². The molecule has 0 saturated heterocycles. The van der Waals surface area contributed by atoms with E-state index in [1.807, 2.05) is 0 Å². The number of methoxy groups -OCH3 is 1. The second kappa shape index (κ2) is 7.18. The number of sulfone groups is 1. The molecule has 0 aliphatic carbocycles. The van der Waals surface area contributed by atoms with Crippen molar-refractivity contribution in [1.82, 2.24) is 5.32 Å². The Morgan fingerprint density at radius 2 is 2.00 bits per heavy atom. The molecule has 0 fully saturated rings. The molecule has 0 heterocycles. The molecule has 0 unspecified atom stereocenters. The van der Waals surface area contributed by atoms with Gasteiger partial charge in [-0.2, -0.15) is 0 Å². The van der Waals surface area contributed by atoms with Crippen LogP contribution in [-0.4, -0.2) is 52.0 Å². The van der Waals surface area contributed by atoms with Crippen molar-refractivity contribution in [3.63, 3.8) is 0 Å². The number of carbonyl (C=O) groups is 2. The average Bonchev–Trinajstić information content (AvgIpc) is 2.22. The van der Waals surface area contributed by atoms with Gasteiger partial charge in [-0.1, -0.05) is 0 Å². The first kappa shape index (κ1) is 14.8. The van der Waals surface area contributed by atoms with Crippen LogP contribution in [0.25, 0.3) is 0 Å². The minimum atomic E-state index is -3.57. The highest BCUT2D eigenvalue weighted by molar-refractivity contribution is 7.92. The molecule has 1 amide bonds. The fourth-order valence-corrected chi connectivity index (χ4v) is 2.00. The van der Waals surface area contributed by atoms with Crippen molar-refractivity contribution in [3.8, 4) is 0 Å². The molecule has 7 nitrogen and oxygen atoms in total. The quantitative estimate of drug-likeness (QED) is 0.508. The first-order chi connectivity index (χ1) is 7.41. The van der Waals surface area contributed by atoms with Crippen LogP contribution in [0.15, 0.2) is 0 Å². The summed E-state index contributed by atoms with van der Waals surface area (Å²) in [5.74, 6) is -2.26. The summed E-state index contributed by atoms with van der Waals surface area (Å²) in [7, 11) is -2.40. The summed E-state index contributed by atoms with van der Waals surface area (Å²) in [5, 5.41) is 2.33. The molecule has 0 bridgehead atoms. The van der Waals surface area contributed by atoms with Crippen molar-refractivity contribution in [3.05, 3.63) is 0 Å². The normalized spacial score (nSPS) is 10.9. The lowest BCUT2D eigenvalue weighted by molar-refractivity contribution is -0.140. The standard InChI is InChI=1S/C8H16N2O5S/c1-15-8(12)2-5-16(13,14)6-7(11)10-4-3-9/h2-6,9H2,1H3,(H,10,11). The molecule has 3 N–H and O–H groups in total. The summed E-state index contributed by atoms with van der Waals surface area (Å²) in [6, 6.07) is 0. The topological polar surface area (TPSA) is 116 Å². The van der Waals surface area contributed by atoms with Crippen molar-refractivity contribution < 1.29 is 22.7 Å². The number of rotatable bonds is 7. The lowest BCUT2D eigenvalue weighted by Crippen LogP contribution is -2.34. The molecule has 0 aliphatic heterocycles.